The number of rotatable bonds is 0. The van der Waals surface area contributed by atoms with Gasteiger partial charge in [-0.2, -0.15) is 0 Å². The van der Waals surface area contributed by atoms with Crippen molar-refractivity contribution in [1.29, 1.82) is 0 Å². The van der Waals surface area contributed by atoms with Crippen molar-refractivity contribution < 1.29 is 28.7 Å². The van der Waals surface area contributed by atoms with Crippen molar-refractivity contribution in [3.63, 3.8) is 0 Å². The van der Waals surface area contributed by atoms with Crippen molar-refractivity contribution in [2.45, 2.75) is 82.5 Å². The van der Waals surface area contributed by atoms with Gasteiger partial charge in [0.2, 0.25) is 23.6 Å². The zero-order chi connectivity index (χ0) is 22.8. The number of nitrogens with zero attached hydrogens (tertiary/aromatic N) is 3. The Bertz CT molecular complexity index is 801. The molecule has 4 saturated heterocycles. The highest BCUT2D eigenvalue weighted by molar-refractivity contribution is 5.95. The maximum atomic E-state index is 13.4. The molecule has 4 amide bonds. The smallest absolute Gasteiger partial charge is 0.328 e. The second kappa shape index (κ2) is 9.46. The highest BCUT2D eigenvalue weighted by Gasteiger charge is 2.43. The molecule has 4 fully saturated rings. The highest BCUT2D eigenvalue weighted by atomic mass is 16.5. The van der Waals surface area contributed by atoms with Gasteiger partial charge in [-0.05, 0) is 51.9 Å². The minimum atomic E-state index is -0.813. The Balaban J connectivity index is 1.60. The van der Waals surface area contributed by atoms with E-state index in [2.05, 4.69) is 5.32 Å². The van der Waals surface area contributed by atoms with Crippen LogP contribution in [-0.4, -0.2) is 94.7 Å². The lowest BCUT2D eigenvalue weighted by Gasteiger charge is -2.38. The van der Waals surface area contributed by atoms with E-state index in [1.807, 2.05) is 0 Å². The molecule has 0 aromatic carbocycles. The summed E-state index contributed by atoms with van der Waals surface area (Å²) in [4.78, 5) is 69.5. The van der Waals surface area contributed by atoms with Gasteiger partial charge in [-0.3, -0.25) is 19.2 Å². The zero-order valence-electron chi connectivity index (χ0n) is 18.6. The molecule has 0 bridgehead atoms. The molecule has 1 N–H and O–H groups in total. The van der Waals surface area contributed by atoms with Crippen molar-refractivity contribution in [2.24, 2.45) is 0 Å². The highest BCUT2D eigenvalue weighted by Crippen LogP contribution is 2.26. The van der Waals surface area contributed by atoms with Crippen LogP contribution in [0.4, 0.5) is 0 Å². The van der Waals surface area contributed by atoms with Crippen molar-refractivity contribution in [3.8, 4) is 0 Å². The molecule has 0 radical (unpaired) electrons. The van der Waals surface area contributed by atoms with Crippen molar-refractivity contribution in [3.05, 3.63) is 0 Å². The van der Waals surface area contributed by atoms with Gasteiger partial charge in [0.1, 0.15) is 30.8 Å². The lowest BCUT2D eigenvalue weighted by molar-refractivity contribution is -0.156. The first kappa shape index (κ1) is 22.5. The van der Waals surface area contributed by atoms with Gasteiger partial charge in [-0.25, -0.2) is 4.79 Å². The van der Waals surface area contributed by atoms with Gasteiger partial charge in [0.15, 0.2) is 0 Å². The zero-order valence-corrected chi connectivity index (χ0v) is 18.6. The first-order valence-electron chi connectivity index (χ1n) is 11.8. The molecule has 0 saturated carbocycles. The number of hydrogen-bond acceptors (Lipinski definition) is 6. The summed E-state index contributed by atoms with van der Waals surface area (Å²) in [6.45, 7) is 2.89. The molecular formula is C22H32N4O6. The monoisotopic (exact) mass is 448 g/mol. The van der Waals surface area contributed by atoms with Crippen LogP contribution in [-0.2, 0) is 28.7 Å². The van der Waals surface area contributed by atoms with Gasteiger partial charge < -0.3 is 24.8 Å². The first-order valence-corrected chi connectivity index (χ1v) is 11.8. The van der Waals surface area contributed by atoms with Crippen LogP contribution in [0.1, 0.15) is 58.3 Å². The Morgan fingerprint density at radius 1 is 0.750 bits per heavy atom. The Hall–Kier alpha value is -2.65. The molecule has 10 nitrogen and oxygen atoms in total. The van der Waals surface area contributed by atoms with Crippen LogP contribution in [0.3, 0.4) is 0 Å². The summed E-state index contributed by atoms with van der Waals surface area (Å²) in [5.41, 5.74) is 0. The molecule has 4 unspecified atom stereocenters. The van der Waals surface area contributed by atoms with Gasteiger partial charge in [-0.15, -0.1) is 0 Å². The van der Waals surface area contributed by atoms with Crippen LogP contribution in [0.25, 0.3) is 0 Å². The van der Waals surface area contributed by atoms with Gasteiger partial charge in [0, 0.05) is 19.6 Å². The van der Waals surface area contributed by atoms with Crippen LogP contribution in [0.2, 0.25) is 0 Å². The van der Waals surface area contributed by atoms with Crippen LogP contribution in [0, 0.1) is 0 Å². The molecule has 0 aliphatic carbocycles. The summed E-state index contributed by atoms with van der Waals surface area (Å²) in [7, 11) is 0. The summed E-state index contributed by atoms with van der Waals surface area (Å²) in [6, 6.07) is -2.76. The van der Waals surface area contributed by atoms with Gasteiger partial charge >= 0.3 is 5.97 Å². The van der Waals surface area contributed by atoms with E-state index < -0.39 is 30.1 Å². The van der Waals surface area contributed by atoms with Crippen LogP contribution in [0.5, 0.6) is 0 Å². The van der Waals surface area contributed by atoms with Crippen LogP contribution in [0.15, 0.2) is 0 Å². The largest absolute Gasteiger partial charge is 0.464 e. The number of esters is 1. The third kappa shape index (κ3) is 4.31. The maximum Gasteiger partial charge on any atom is 0.328 e. The predicted molar refractivity (Wildman–Crippen MR) is 112 cm³/mol. The number of carbonyl (C=O) groups is 5. The summed E-state index contributed by atoms with van der Waals surface area (Å²) >= 11 is 0. The number of ether oxygens (including phenoxy) is 1. The van der Waals surface area contributed by atoms with Crippen LogP contribution >= 0.6 is 0 Å². The molecule has 176 valence electrons. The standard InChI is InChI=1S/C22H32N4O6/c1-14-20(29)26-12-5-8-17(26)22(31)32-13-9-18(27)24-11-4-7-16(24)21(30)25-10-3-2-6-15(25)19(28)23-14/h14-17H,2-13H2,1H3,(H,23,28). The number of nitrogens with one attached hydrogen (secondary N) is 1. The van der Waals surface area contributed by atoms with Crippen molar-refractivity contribution in [1.82, 2.24) is 20.0 Å². The number of piperidine rings is 1. The summed E-state index contributed by atoms with van der Waals surface area (Å²) in [5, 5.41) is 2.77. The minimum absolute atomic E-state index is 0.00347. The average molecular weight is 449 g/mol. The second-order valence-corrected chi connectivity index (χ2v) is 9.13. The normalized spacial score (nSPS) is 32.9. The minimum Gasteiger partial charge on any atom is -0.464 e. The van der Waals surface area contributed by atoms with Crippen LogP contribution < -0.4 is 5.32 Å². The molecule has 4 rings (SSSR count). The Morgan fingerprint density at radius 3 is 2.16 bits per heavy atom. The van der Waals surface area contributed by atoms with Gasteiger partial charge in [0.25, 0.3) is 0 Å². The van der Waals surface area contributed by atoms with E-state index in [0.29, 0.717) is 45.3 Å². The molecule has 0 aromatic heterocycles. The quantitative estimate of drug-likeness (QED) is 0.513. The van der Waals surface area contributed by atoms with E-state index in [9.17, 15) is 24.0 Å². The number of carbonyl (C=O) groups excluding carboxylic acids is 5. The predicted octanol–water partition coefficient (Wildman–Crippen LogP) is -0.199. The first-order chi connectivity index (χ1) is 15.4. The lowest BCUT2D eigenvalue weighted by atomic mass is 9.99. The van der Waals surface area contributed by atoms with E-state index in [0.717, 1.165) is 19.3 Å². The Kier molecular flexibility index (Phi) is 6.66. The average Bonchev–Trinajstić information content (AvgIpc) is 3.47. The second-order valence-electron chi connectivity index (χ2n) is 9.13. The molecule has 10 heteroatoms. The molecule has 0 aromatic rings. The molecule has 4 atom stereocenters. The van der Waals surface area contributed by atoms with E-state index in [4.69, 9.17) is 4.74 Å². The number of amides is 4. The third-order valence-electron chi connectivity index (χ3n) is 7.04. The topological polar surface area (TPSA) is 116 Å². The van der Waals surface area contributed by atoms with E-state index in [1.165, 1.54) is 4.90 Å². The molecule has 4 heterocycles. The summed E-state index contributed by atoms with van der Waals surface area (Å²) < 4.78 is 5.33. The maximum absolute atomic E-state index is 13.4. The number of cyclic esters (lactones) is 1. The SMILES string of the molecule is CC1NC(=O)C2CCCCN2C(=O)C2CCCN2C(=O)CCOC(=O)C2CCCN2C1=O. The number of hydrogen-bond donors (Lipinski definition) is 1. The number of fused-ring (bicyclic) bond motifs is 3. The van der Waals surface area contributed by atoms with E-state index in [1.54, 1.807) is 16.7 Å². The van der Waals surface area contributed by atoms with Crippen molar-refractivity contribution >= 4 is 29.6 Å². The van der Waals surface area contributed by atoms with E-state index in [-0.39, 0.29) is 36.7 Å². The lowest BCUT2D eigenvalue weighted by Crippen LogP contribution is -2.59. The Labute approximate surface area is 187 Å². The summed E-state index contributed by atoms with van der Waals surface area (Å²) in [6.07, 6.45) is 4.59. The molecular weight excluding hydrogens is 416 g/mol. The summed E-state index contributed by atoms with van der Waals surface area (Å²) in [5.74, 6) is -1.66. The molecule has 4 aliphatic heterocycles. The third-order valence-corrected chi connectivity index (χ3v) is 7.04. The van der Waals surface area contributed by atoms with Gasteiger partial charge in [0.05, 0.1) is 6.42 Å². The Morgan fingerprint density at radius 2 is 1.38 bits per heavy atom. The van der Waals surface area contributed by atoms with Gasteiger partial charge in [-0.1, -0.05) is 0 Å². The molecule has 4 aliphatic rings. The van der Waals surface area contributed by atoms with E-state index >= 15 is 0 Å². The molecule has 32 heavy (non-hydrogen) atoms. The fourth-order valence-corrected chi connectivity index (χ4v) is 5.36. The fraction of sp³-hybridized carbons (Fsp3) is 0.773. The molecule has 0 spiro atoms. The fourth-order valence-electron chi connectivity index (χ4n) is 5.36. The van der Waals surface area contributed by atoms with Crippen molar-refractivity contribution in [2.75, 3.05) is 26.2 Å².